The van der Waals surface area contributed by atoms with Crippen LogP contribution in [-0.2, 0) is 6.54 Å². The highest BCUT2D eigenvalue weighted by Gasteiger charge is 2.48. The molecule has 0 atom stereocenters. The van der Waals surface area contributed by atoms with Gasteiger partial charge in [0.05, 0.1) is 6.61 Å². The Morgan fingerprint density at radius 1 is 1.10 bits per heavy atom. The second-order valence-corrected chi connectivity index (χ2v) is 7.11. The summed E-state index contributed by atoms with van der Waals surface area (Å²) >= 11 is 0. The fraction of sp³-hybridized carbons (Fsp3) is 0.706. The third-order valence-electron chi connectivity index (χ3n) is 5.88. The zero-order valence-electron chi connectivity index (χ0n) is 12.0. The second-order valence-electron chi connectivity index (χ2n) is 7.11. The van der Waals surface area contributed by atoms with Gasteiger partial charge in [0.25, 0.3) is 0 Å². The van der Waals surface area contributed by atoms with Crippen molar-refractivity contribution in [1.29, 1.82) is 0 Å². The maximum absolute atomic E-state index is 6.01. The van der Waals surface area contributed by atoms with Crippen molar-refractivity contribution in [1.82, 2.24) is 4.98 Å². The van der Waals surface area contributed by atoms with Crippen LogP contribution in [0.2, 0.25) is 0 Å². The topological polar surface area (TPSA) is 48.1 Å². The Kier molecular flexibility index (Phi) is 3.18. The summed E-state index contributed by atoms with van der Waals surface area (Å²) < 4.78 is 6.01. The summed E-state index contributed by atoms with van der Waals surface area (Å²) in [5.74, 6) is 5.43. The molecule has 4 fully saturated rings. The Morgan fingerprint density at radius 3 is 2.45 bits per heavy atom. The Bertz CT molecular complexity index is 460. The van der Waals surface area contributed by atoms with Crippen molar-refractivity contribution in [3.05, 3.63) is 23.9 Å². The highest BCUT2D eigenvalue weighted by atomic mass is 16.5. The first-order valence-corrected chi connectivity index (χ1v) is 8.09. The van der Waals surface area contributed by atoms with Crippen molar-refractivity contribution in [2.75, 3.05) is 6.61 Å². The van der Waals surface area contributed by atoms with Gasteiger partial charge in [-0.2, -0.15) is 0 Å². The molecule has 4 aliphatic carbocycles. The van der Waals surface area contributed by atoms with E-state index in [0.29, 0.717) is 6.54 Å². The lowest BCUT2D eigenvalue weighted by Gasteiger charge is -2.54. The molecule has 4 bridgehead atoms. The van der Waals surface area contributed by atoms with Gasteiger partial charge < -0.3 is 10.5 Å². The van der Waals surface area contributed by atoms with Crippen LogP contribution in [0.3, 0.4) is 0 Å². The largest absolute Gasteiger partial charge is 0.477 e. The lowest BCUT2D eigenvalue weighted by Crippen LogP contribution is -2.47. The number of nitrogens with two attached hydrogens (primary N) is 1. The SMILES string of the molecule is NCc1ccnc(OCC2C3CC4CC(C3)CC2C4)c1. The van der Waals surface area contributed by atoms with Crippen LogP contribution >= 0.6 is 0 Å². The van der Waals surface area contributed by atoms with Crippen molar-refractivity contribution in [3.63, 3.8) is 0 Å². The number of rotatable bonds is 4. The normalized spacial score (nSPS) is 38.1. The lowest BCUT2D eigenvalue weighted by atomic mass is 9.52. The second kappa shape index (κ2) is 5.03. The summed E-state index contributed by atoms with van der Waals surface area (Å²) in [7, 11) is 0. The fourth-order valence-corrected chi connectivity index (χ4v) is 5.15. The summed E-state index contributed by atoms with van der Waals surface area (Å²) in [6.45, 7) is 1.41. The Balaban J connectivity index is 1.42. The van der Waals surface area contributed by atoms with Gasteiger partial charge in [-0.3, -0.25) is 0 Å². The minimum Gasteiger partial charge on any atom is -0.477 e. The van der Waals surface area contributed by atoms with E-state index in [2.05, 4.69) is 4.98 Å². The Morgan fingerprint density at radius 2 is 1.80 bits per heavy atom. The first-order chi connectivity index (χ1) is 9.81. The average Bonchev–Trinajstić information content (AvgIpc) is 2.46. The standard InChI is InChI=1S/C17H24N2O/c18-9-11-1-2-19-17(8-11)20-10-16-14-4-12-3-13(6-14)7-15(16)5-12/h1-2,8,12-16H,3-7,9-10,18H2. The van der Waals surface area contributed by atoms with Crippen molar-refractivity contribution >= 4 is 0 Å². The number of hydrogen-bond acceptors (Lipinski definition) is 3. The molecular weight excluding hydrogens is 248 g/mol. The van der Waals surface area contributed by atoms with E-state index in [4.69, 9.17) is 10.5 Å². The van der Waals surface area contributed by atoms with E-state index in [1.807, 2.05) is 12.1 Å². The molecule has 4 saturated carbocycles. The zero-order valence-corrected chi connectivity index (χ0v) is 12.0. The van der Waals surface area contributed by atoms with Gasteiger partial charge in [-0.05, 0) is 73.3 Å². The average molecular weight is 272 g/mol. The van der Waals surface area contributed by atoms with Gasteiger partial charge in [-0.15, -0.1) is 0 Å². The predicted octanol–water partition coefficient (Wildman–Crippen LogP) is 2.99. The first-order valence-electron chi connectivity index (χ1n) is 8.09. The molecule has 5 rings (SSSR count). The molecule has 1 aromatic heterocycles. The van der Waals surface area contributed by atoms with Crippen LogP contribution in [-0.4, -0.2) is 11.6 Å². The molecule has 4 aliphatic rings. The number of aromatic nitrogens is 1. The molecule has 0 saturated heterocycles. The zero-order chi connectivity index (χ0) is 13.5. The maximum atomic E-state index is 6.01. The number of ether oxygens (including phenoxy) is 1. The van der Waals surface area contributed by atoms with Gasteiger partial charge in [0.2, 0.25) is 5.88 Å². The lowest BCUT2D eigenvalue weighted by molar-refractivity contribution is -0.0534. The van der Waals surface area contributed by atoms with Crippen LogP contribution in [0.25, 0.3) is 0 Å². The van der Waals surface area contributed by atoms with Crippen LogP contribution in [0.15, 0.2) is 18.3 Å². The molecule has 0 aromatic carbocycles. The summed E-state index contributed by atoms with van der Waals surface area (Å²) in [5, 5.41) is 0. The minimum atomic E-state index is 0.552. The van der Waals surface area contributed by atoms with Gasteiger partial charge >= 0.3 is 0 Å². The van der Waals surface area contributed by atoms with E-state index in [1.54, 1.807) is 6.20 Å². The first kappa shape index (κ1) is 12.6. The third kappa shape index (κ3) is 2.22. The number of nitrogens with zero attached hydrogens (tertiary/aromatic N) is 1. The van der Waals surface area contributed by atoms with Crippen LogP contribution in [0.1, 0.15) is 37.7 Å². The summed E-state index contributed by atoms with van der Waals surface area (Å²) in [6, 6.07) is 3.94. The smallest absolute Gasteiger partial charge is 0.213 e. The number of hydrogen-bond donors (Lipinski definition) is 1. The predicted molar refractivity (Wildman–Crippen MR) is 78.2 cm³/mol. The monoisotopic (exact) mass is 272 g/mol. The highest BCUT2D eigenvalue weighted by molar-refractivity contribution is 5.20. The van der Waals surface area contributed by atoms with Gasteiger partial charge in [-0.1, -0.05) is 0 Å². The molecule has 0 spiro atoms. The summed E-state index contributed by atoms with van der Waals surface area (Å²) in [5.41, 5.74) is 6.77. The van der Waals surface area contributed by atoms with E-state index < -0.39 is 0 Å². The van der Waals surface area contributed by atoms with E-state index in [1.165, 1.54) is 32.1 Å². The van der Waals surface area contributed by atoms with Crippen LogP contribution in [0.4, 0.5) is 0 Å². The van der Waals surface area contributed by atoms with E-state index >= 15 is 0 Å². The van der Waals surface area contributed by atoms with Gasteiger partial charge in [0.15, 0.2) is 0 Å². The third-order valence-corrected chi connectivity index (χ3v) is 5.88. The quantitative estimate of drug-likeness (QED) is 0.916. The van der Waals surface area contributed by atoms with Crippen molar-refractivity contribution in [2.45, 2.75) is 38.6 Å². The molecule has 108 valence electrons. The minimum absolute atomic E-state index is 0.552. The van der Waals surface area contributed by atoms with Crippen molar-refractivity contribution < 1.29 is 4.74 Å². The van der Waals surface area contributed by atoms with E-state index in [9.17, 15) is 0 Å². The Hall–Kier alpha value is -1.09. The summed E-state index contributed by atoms with van der Waals surface area (Å²) in [6.07, 6.45) is 9.14. The molecule has 2 N–H and O–H groups in total. The van der Waals surface area contributed by atoms with Gasteiger partial charge in [0.1, 0.15) is 0 Å². The molecule has 3 nitrogen and oxygen atoms in total. The number of pyridine rings is 1. The molecule has 0 unspecified atom stereocenters. The molecule has 0 aliphatic heterocycles. The molecular formula is C17H24N2O. The molecule has 1 aromatic rings. The van der Waals surface area contributed by atoms with Gasteiger partial charge in [-0.25, -0.2) is 4.98 Å². The maximum Gasteiger partial charge on any atom is 0.213 e. The van der Waals surface area contributed by atoms with Crippen molar-refractivity contribution in [2.24, 2.45) is 35.3 Å². The van der Waals surface area contributed by atoms with Crippen LogP contribution in [0.5, 0.6) is 5.88 Å². The molecule has 3 heteroatoms. The van der Waals surface area contributed by atoms with E-state index in [0.717, 1.165) is 47.6 Å². The highest BCUT2D eigenvalue weighted by Crippen LogP contribution is 2.56. The molecule has 1 heterocycles. The van der Waals surface area contributed by atoms with Gasteiger partial charge in [0, 0.05) is 18.8 Å². The Labute approximate surface area is 120 Å². The molecule has 0 amide bonds. The molecule has 0 radical (unpaired) electrons. The van der Waals surface area contributed by atoms with Crippen LogP contribution in [0, 0.1) is 29.6 Å². The fourth-order valence-electron chi connectivity index (χ4n) is 5.15. The summed E-state index contributed by atoms with van der Waals surface area (Å²) in [4.78, 5) is 4.31. The van der Waals surface area contributed by atoms with Crippen LogP contribution < -0.4 is 10.5 Å². The van der Waals surface area contributed by atoms with E-state index in [-0.39, 0.29) is 0 Å². The molecule has 20 heavy (non-hydrogen) atoms. The van der Waals surface area contributed by atoms with Crippen molar-refractivity contribution in [3.8, 4) is 5.88 Å².